The molecule has 0 saturated heterocycles. The third kappa shape index (κ3) is 3.03. The van der Waals surface area contributed by atoms with E-state index in [0.29, 0.717) is 0 Å². The Morgan fingerprint density at radius 3 is 2.40 bits per heavy atom. The predicted octanol–water partition coefficient (Wildman–Crippen LogP) is 0.353. The van der Waals surface area contributed by atoms with Crippen molar-refractivity contribution in [2.24, 2.45) is 12.2 Å². The van der Waals surface area contributed by atoms with Gasteiger partial charge in [-0.15, -0.1) is 0 Å². The highest BCUT2D eigenvalue weighted by Gasteiger charge is 2.00. The molecule has 0 fully saturated rings. The highest BCUT2D eigenvalue weighted by molar-refractivity contribution is 7.69. The summed E-state index contributed by atoms with van der Waals surface area (Å²) in [6, 6.07) is 8.15. The van der Waals surface area contributed by atoms with E-state index in [1.165, 1.54) is 5.52 Å². The first-order valence-electron chi connectivity index (χ1n) is 4.29. The number of nitrogens with zero attached hydrogens (tertiary/aromatic N) is 2. The van der Waals surface area contributed by atoms with Crippen molar-refractivity contribution in [3.05, 3.63) is 30.1 Å². The van der Waals surface area contributed by atoms with Crippen LogP contribution in [0, 0.1) is 6.92 Å². The summed E-state index contributed by atoms with van der Waals surface area (Å²) in [6.07, 6.45) is 0. The summed E-state index contributed by atoms with van der Waals surface area (Å²) in [5, 5.41) is 4.06. The van der Waals surface area contributed by atoms with E-state index in [0.717, 1.165) is 11.3 Å². The normalized spacial score (nSPS) is 10.1. The molecule has 0 spiro atoms. The molecule has 1 aromatic carbocycles. The van der Waals surface area contributed by atoms with Crippen molar-refractivity contribution < 1.29 is 8.42 Å². The monoisotopic (exact) mass is 227 g/mol. The van der Waals surface area contributed by atoms with Gasteiger partial charge in [0.25, 0.3) is 0 Å². The molecule has 0 atom stereocenters. The van der Waals surface area contributed by atoms with Gasteiger partial charge in [0, 0.05) is 7.05 Å². The number of benzene rings is 1. The van der Waals surface area contributed by atoms with Gasteiger partial charge in [0.1, 0.15) is 5.82 Å². The topological polar surface area (TPSA) is 78.0 Å². The molecule has 1 heterocycles. The van der Waals surface area contributed by atoms with Crippen molar-refractivity contribution in [2.45, 2.75) is 6.92 Å². The maximum Gasteiger partial charge on any atom is 0.198 e. The molecule has 15 heavy (non-hydrogen) atoms. The lowest BCUT2D eigenvalue weighted by Crippen LogP contribution is -1.89. The zero-order valence-electron chi connectivity index (χ0n) is 8.54. The van der Waals surface area contributed by atoms with Crippen LogP contribution in [0.25, 0.3) is 11.0 Å². The van der Waals surface area contributed by atoms with Crippen LogP contribution >= 0.6 is 0 Å². The first-order chi connectivity index (χ1) is 7.02. The Morgan fingerprint density at radius 1 is 1.33 bits per heavy atom. The van der Waals surface area contributed by atoms with Gasteiger partial charge in [0.2, 0.25) is 0 Å². The molecule has 0 amide bonds. The van der Waals surface area contributed by atoms with E-state index >= 15 is 0 Å². The lowest BCUT2D eigenvalue weighted by molar-refractivity contribution is 0.616. The molecule has 6 heteroatoms. The Balaban J connectivity index is 0.000000245. The maximum absolute atomic E-state index is 8.81. The number of hydrogen-bond acceptors (Lipinski definition) is 3. The molecule has 2 rings (SSSR count). The summed E-state index contributed by atoms with van der Waals surface area (Å²) in [4.78, 5) is 4.38. The second kappa shape index (κ2) is 4.90. The van der Waals surface area contributed by atoms with Crippen LogP contribution in [0.4, 0.5) is 0 Å². The fourth-order valence-corrected chi connectivity index (χ4v) is 1.27. The quantitative estimate of drug-likeness (QED) is 0.638. The van der Waals surface area contributed by atoms with Crippen LogP contribution in [0.5, 0.6) is 0 Å². The molecule has 0 aliphatic heterocycles. The summed E-state index contributed by atoms with van der Waals surface area (Å²) < 4.78 is 19.7. The Kier molecular flexibility index (Phi) is 3.81. The molecule has 1 aromatic heterocycles. The van der Waals surface area contributed by atoms with E-state index in [9.17, 15) is 0 Å². The number of aromatic nitrogens is 2. The number of imidazole rings is 1. The van der Waals surface area contributed by atoms with Crippen LogP contribution in [0.3, 0.4) is 0 Å². The van der Waals surface area contributed by atoms with Gasteiger partial charge in [-0.25, -0.2) is 18.5 Å². The van der Waals surface area contributed by atoms with Crippen LogP contribution in [0.1, 0.15) is 5.82 Å². The van der Waals surface area contributed by atoms with Gasteiger partial charge in [-0.05, 0) is 19.1 Å². The maximum atomic E-state index is 8.81. The Hall–Kier alpha value is -1.40. The minimum Gasteiger partial charge on any atom is -0.331 e. The van der Waals surface area contributed by atoms with Crippen LogP contribution < -0.4 is 5.14 Å². The number of rotatable bonds is 0. The Morgan fingerprint density at radius 2 is 1.87 bits per heavy atom. The van der Waals surface area contributed by atoms with Gasteiger partial charge in [-0.1, -0.05) is 12.1 Å². The molecular weight excluding hydrogens is 214 g/mol. The third-order valence-electron chi connectivity index (χ3n) is 2.01. The van der Waals surface area contributed by atoms with E-state index < -0.39 is 10.9 Å². The van der Waals surface area contributed by atoms with Crippen LogP contribution in [-0.2, 0) is 17.9 Å². The minimum absolute atomic E-state index is 1.06. The molecular formula is C9H13N3O2S. The van der Waals surface area contributed by atoms with E-state index in [2.05, 4.69) is 20.8 Å². The second-order valence-electron chi connectivity index (χ2n) is 2.99. The van der Waals surface area contributed by atoms with Crippen LogP contribution in [0.2, 0.25) is 0 Å². The third-order valence-corrected chi connectivity index (χ3v) is 2.01. The van der Waals surface area contributed by atoms with E-state index in [1.807, 2.05) is 32.2 Å². The molecule has 0 bridgehead atoms. The molecule has 0 aliphatic carbocycles. The van der Waals surface area contributed by atoms with E-state index in [4.69, 9.17) is 8.42 Å². The molecule has 0 aliphatic rings. The Bertz CT molecular complexity index is 523. The van der Waals surface area contributed by atoms with Gasteiger partial charge in [0.05, 0.1) is 11.0 Å². The molecule has 82 valence electrons. The highest BCUT2D eigenvalue weighted by atomic mass is 32.2. The van der Waals surface area contributed by atoms with Gasteiger partial charge < -0.3 is 4.57 Å². The smallest absolute Gasteiger partial charge is 0.198 e. The zero-order chi connectivity index (χ0) is 11.4. The predicted molar refractivity (Wildman–Crippen MR) is 60.0 cm³/mol. The fraction of sp³-hybridized carbons (Fsp3) is 0.222. The van der Waals surface area contributed by atoms with Gasteiger partial charge in [-0.2, -0.15) is 0 Å². The van der Waals surface area contributed by atoms with Crippen LogP contribution in [-0.4, -0.2) is 18.0 Å². The van der Waals surface area contributed by atoms with Crippen molar-refractivity contribution in [2.75, 3.05) is 0 Å². The lowest BCUT2D eigenvalue weighted by Gasteiger charge is -1.93. The number of hydrogen-bond donors (Lipinski definition) is 2. The number of aryl methyl sites for hydroxylation is 2. The van der Waals surface area contributed by atoms with Crippen molar-refractivity contribution in [3.63, 3.8) is 0 Å². The van der Waals surface area contributed by atoms with Gasteiger partial charge >= 0.3 is 0 Å². The summed E-state index contributed by atoms with van der Waals surface area (Å²) >= 11 is 0. The van der Waals surface area contributed by atoms with E-state index in [1.54, 1.807) is 0 Å². The molecule has 0 unspecified atom stereocenters. The van der Waals surface area contributed by atoms with Crippen molar-refractivity contribution in [1.82, 2.24) is 9.55 Å². The lowest BCUT2D eigenvalue weighted by atomic mass is 10.3. The molecule has 0 saturated carbocycles. The molecule has 5 nitrogen and oxygen atoms in total. The van der Waals surface area contributed by atoms with Crippen LogP contribution in [0.15, 0.2) is 24.3 Å². The number of fused-ring (bicyclic) bond motifs is 1. The largest absolute Gasteiger partial charge is 0.331 e. The summed E-state index contributed by atoms with van der Waals surface area (Å²) in [6.45, 7) is 2.01. The molecule has 2 aromatic rings. The molecule has 2 N–H and O–H groups in total. The fourth-order valence-electron chi connectivity index (χ4n) is 1.27. The summed E-state index contributed by atoms with van der Waals surface area (Å²) in [7, 11) is -0.588. The molecule has 0 radical (unpaired) electrons. The number of para-hydroxylation sites is 2. The average Bonchev–Trinajstić information content (AvgIpc) is 2.43. The summed E-state index contributed by atoms with van der Waals surface area (Å²) in [5.41, 5.74) is 2.28. The average molecular weight is 227 g/mol. The first-order valence-corrected chi connectivity index (χ1v) is 5.54. The minimum atomic E-state index is -2.62. The number of thiol groups is 1. The Labute approximate surface area is 89.6 Å². The first kappa shape index (κ1) is 11.7. The number of nitrogens with two attached hydrogens (primary N) is 1. The highest BCUT2D eigenvalue weighted by Crippen LogP contribution is 2.12. The van der Waals surface area contributed by atoms with Crippen molar-refractivity contribution in [1.29, 1.82) is 0 Å². The van der Waals surface area contributed by atoms with Gasteiger partial charge in [-0.3, -0.25) is 0 Å². The second-order valence-corrected chi connectivity index (χ2v) is 3.56. The standard InChI is InChI=1S/C9H10N2.H3NO2S/c1-7-10-8-5-3-4-6-9(8)11(7)2;1-4(2)3/h3-6H,1-2H3;4H,(H2,1,2,3). The zero-order valence-corrected chi connectivity index (χ0v) is 9.44. The van der Waals surface area contributed by atoms with Crippen molar-refractivity contribution in [3.8, 4) is 0 Å². The van der Waals surface area contributed by atoms with Crippen molar-refractivity contribution >= 4 is 21.9 Å². The SMILES string of the molecule is Cc1nc2ccccc2n1C.N[SH](=O)=O. The van der Waals surface area contributed by atoms with Gasteiger partial charge in [0.15, 0.2) is 10.9 Å². The van der Waals surface area contributed by atoms with E-state index in [-0.39, 0.29) is 0 Å². The summed E-state index contributed by atoms with van der Waals surface area (Å²) in [5.74, 6) is 1.06.